The van der Waals surface area contributed by atoms with Crippen molar-refractivity contribution in [3.05, 3.63) is 20.8 Å². The molecule has 4 N–H and O–H groups in total. The Hall–Kier alpha value is -3.11. The number of nitrogen functional groups attached to an aromatic ring is 1. The van der Waals surface area contributed by atoms with Gasteiger partial charge >= 0.3 is 11.7 Å². The van der Waals surface area contributed by atoms with Crippen LogP contribution in [-0.4, -0.2) is 46.0 Å². The second-order valence-corrected chi connectivity index (χ2v) is 9.73. The maximum absolute atomic E-state index is 13.2. The highest BCUT2D eigenvalue weighted by Crippen LogP contribution is 2.20. The summed E-state index contributed by atoms with van der Waals surface area (Å²) >= 11 is 0. The summed E-state index contributed by atoms with van der Waals surface area (Å²) in [4.78, 5) is 66.5. The summed E-state index contributed by atoms with van der Waals surface area (Å²) in [6.07, 6.45) is 7.54. The number of nitrogens with one attached hydrogen (secondary N) is 2. The molecule has 1 fully saturated rings. The molecule has 0 radical (unpaired) electrons. The monoisotopic (exact) mass is 521 g/mol. The Bertz CT molecular complexity index is 1030. The molecular weight excluding hydrogens is 478 g/mol. The Morgan fingerprint density at radius 2 is 1.76 bits per heavy atom. The summed E-state index contributed by atoms with van der Waals surface area (Å²) in [7, 11) is 0. The number of hydrogen-bond donors (Lipinski definition) is 3. The fourth-order valence-corrected chi connectivity index (χ4v) is 4.48. The summed E-state index contributed by atoms with van der Waals surface area (Å²) in [6.45, 7) is 6.03. The summed E-state index contributed by atoms with van der Waals surface area (Å²) in [6, 6.07) is 0.102. The molecule has 1 aromatic heterocycles. The average Bonchev–Trinajstić information content (AvgIpc) is 2.86. The van der Waals surface area contributed by atoms with Gasteiger partial charge in [-0.3, -0.25) is 28.7 Å². The van der Waals surface area contributed by atoms with Gasteiger partial charge in [0.15, 0.2) is 11.8 Å². The Kier molecular flexibility index (Phi) is 12.4. The molecule has 11 heteroatoms. The lowest BCUT2D eigenvalue weighted by molar-refractivity contribution is -0.155. The number of anilines is 2. The number of aromatic amines is 1. The summed E-state index contributed by atoms with van der Waals surface area (Å²) in [5.41, 5.74) is 4.77. The van der Waals surface area contributed by atoms with E-state index in [9.17, 15) is 24.0 Å². The van der Waals surface area contributed by atoms with Gasteiger partial charge in [-0.05, 0) is 32.6 Å². The van der Waals surface area contributed by atoms with Crippen LogP contribution in [0.3, 0.4) is 0 Å². The molecule has 1 saturated carbocycles. The first-order valence-electron chi connectivity index (χ1n) is 13.6. The second-order valence-electron chi connectivity index (χ2n) is 9.73. The maximum atomic E-state index is 13.2. The van der Waals surface area contributed by atoms with Crippen LogP contribution in [0.15, 0.2) is 9.59 Å². The SMILES string of the molecule is CCCCCN(C(=O)CCC(=O)O[C@@H](C)C(=O)NC1CCCCC1)c1c(N)n(CCCC)c(=O)[nH]c1=O. The molecule has 1 aromatic rings. The minimum absolute atomic E-state index is 0.0670. The topological polar surface area (TPSA) is 157 Å². The number of hydrogen-bond acceptors (Lipinski definition) is 7. The molecule has 0 bridgehead atoms. The summed E-state index contributed by atoms with van der Waals surface area (Å²) in [5.74, 6) is -1.57. The van der Waals surface area contributed by atoms with Crippen molar-refractivity contribution in [2.24, 2.45) is 0 Å². The summed E-state index contributed by atoms with van der Waals surface area (Å²) in [5, 5.41) is 2.92. The summed E-state index contributed by atoms with van der Waals surface area (Å²) < 4.78 is 6.52. The molecule has 1 aliphatic rings. The third kappa shape index (κ3) is 9.05. The molecule has 37 heavy (non-hydrogen) atoms. The van der Waals surface area contributed by atoms with Crippen LogP contribution >= 0.6 is 0 Å². The first kappa shape index (κ1) is 30.1. The molecule has 11 nitrogen and oxygen atoms in total. The standard InChI is InChI=1S/C26H43N5O6/c1-4-6-11-17-30(22-23(27)31(16-7-5-2)26(36)29-25(22)35)20(32)14-15-21(33)37-18(3)24(34)28-19-12-9-8-10-13-19/h18-19H,4-17,27H2,1-3H3,(H,28,34)(H,29,35,36)/t18-/m0/s1. The number of rotatable bonds is 14. The van der Waals surface area contributed by atoms with E-state index in [1.165, 1.54) is 16.4 Å². The molecule has 1 atom stereocenters. The molecule has 2 rings (SSSR count). The smallest absolute Gasteiger partial charge is 0.330 e. The van der Waals surface area contributed by atoms with E-state index in [0.29, 0.717) is 19.4 Å². The van der Waals surface area contributed by atoms with Crippen LogP contribution in [0.4, 0.5) is 11.5 Å². The predicted molar refractivity (Wildman–Crippen MR) is 142 cm³/mol. The lowest BCUT2D eigenvalue weighted by Crippen LogP contribution is -2.43. The molecule has 0 aliphatic heterocycles. The Labute approximate surface area is 218 Å². The molecule has 1 aliphatic carbocycles. The van der Waals surface area contributed by atoms with E-state index in [2.05, 4.69) is 10.3 Å². The molecule has 2 amide bonds. The van der Waals surface area contributed by atoms with Crippen LogP contribution in [0.2, 0.25) is 0 Å². The number of H-pyrrole nitrogens is 1. The number of esters is 1. The minimum atomic E-state index is -0.967. The van der Waals surface area contributed by atoms with Crippen LogP contribution in [0.1, 0.15) is 97.8 Å². The van der Waals surface area contributed by atoms with Crippen molar-refractivity contribution in [3.63, 3.8) is 0 Å². The van der Waals surface area contributed by atoms with E-state index in [-0.39, 0.29) is 42.8 Å². The van der Waals surface area contributed by atoms with Crippen LogP contribution in [0, 0.1) is 0 Å². The van der Waals surface area contributed by atoms with E-state index in [1.54, 1.807) is 0 Å². The minimum Gasteiger partial charge on any atom is -0.453 e. The predicted octanol–water partition coefficient (Wildman–Crippen LogP) is 2.60. The highest BCUT2D eigenvalue weighted by Gasteiger charge is 2.26. The van der Waals surface area contributed by atoms with Gasteiger partial charge in [0, 0.05) is 25.6 Å². The van der Waals surface area contributed by atoms with Gasteiger partial charge in [-0.25, -0.2) is 4.79 Å². The number of amides is 2. The highest BCUT2D eigenvalue weighted by atomic mass is 16.5. The molecule has 208 valence electrons. The van der Waals surface area contributed by atoms with Gasteiger partial charge in [-0.2, -0.15) is 0 Å². The zero-order valence-corrected chi connectivity index (χ0v) is 22.5. The van der Waals surface area contributed by atoms with Crippen LogP contribution in [-0.2, 0) is 25.7 Å². The third-order valence-electron chi connectivity index (χ3n) is 6.68. The van der Waals surface area contributed by atoms with Gasteiger partial charge in [0.1, 0.15) is 5.82 Å². The fraction of sp³-hybridized carbons (Fsp3) is 0.731. The lowest BCUT2D eigenvalue weighted by atomic mass is 9.95. The number of nitrogens with two attached hydrogens (primary N) is 1. The Morgan fingerprint density at radius 1 is 1.08 bits per heavy atom. The van der Waals surface area contributed by atoms with Gasteiger partial charge in [-0.15, -0.1) is 0 Å². The first-order valence-corrected chi connectivity index (χ1v) is 13.6. The van der Waals surface area contributed by atoms with Crippen molar-refractivity contribution < 1.29 is 19.1 Å². The zero-order valence-electron chi connectivity index (χ0n) is 22.5. The number of nitrogens with zero attached hydrogens (tertiary/aromatic N) is 2. The zero-order chi connectivity index (χ0) is 27.4. The van der Waals surface area contributed by atoms with Crippen LogP contribution in [0.25, 0.3) is 0 Å². The van der Waals surface area contributed by atoms with Crippen LogP contribution in [0.5, 0.6) is 0 Å². The van der Waals surface area contributed by atoms with Gasteiger partial charge in [0.05, 0.1) is 6.42 Å². The van der Waals surface area contributed by atoms with E-state index >= 15 is 0 Å². The molecule has 0 spiro atoms. The third-order valence-corrected chi connectivity index (χ3v) is 6.68. The number of ether oxygens (including phenoxy) is 1. The van der Waals surface area contributed by atoms with Crippen molar-refractivity contribution in [2.45, 2.75) is 117 Å². The number of unbranched alkanes of at least 4 members (excludes halogenated alkanes) is 3. The largest absolute Gasteiger partial charge is 0.453 e. The molecule has 1 heterocycles. The van der Waals surface area contributed by atoms with Gasteiger partial charge in [0.25, 0.3) is 11.5 Å². The molecule has 0 unspecified atom stereocenters. The van der Waals surface area contributed by atoms with Crippen molar-refractivity contribution in [3.8, 4) is 0 Å². The van der Waals surface area contributed by atoms with Gasteiger partial charge in [-0.1, -0.05) is 52.4 Å². The molecule has 0 saturated heterocycles. The number of carbonyl (C=O) groups excluding carboxylic acids is 3. The Balaban J connectivity index is 2.07. The molecular formula is C26H43N5O6. The fourth-order valence-electron chi connectivity index (χ4n) is 4.48. The first-order chi connectivity index (χ1) is 17.7. The van der Waals surface area contributed by atoms with E-state index in [4.69, 9.17) is 10.5 Å². The van der Waals surface area contributed by atoms with Crippen molar-refractivity contribution >= 4 is 29.3 Å². The average molecular weight is 522 g/mol. The number of aromatic nitrogens is 2. The van der Waals surface area contributed by atoms with E-state index in [1.807, 2.05) is 13.8 Å². The van der Waals surface area contributed by atoms with Gasteiger partial charge < -0.3 is 20.7 Å². The Morgan fingerprint density at radius 3 is 2.41 bits per heavy atom. The van der Waals surface area contributed by atoms with E-state index < -0.39 is 29.2 Å². The maximum Gasteiger partial charge on any atom is 0.330 e. The highest BCUT2D eigenvalue weighted by molar-refractivity contribution is 5.97. The van der Waals surface area contributed by atoms with E-state index in [0.717, 1.165) is 51.4 Å². The molecule has 0 aromatic carbocycles. The van der Waals surface area contributed by atoms with Crippen LogP contribution < -0.4 is 27.2 Å². The normalized spacial score (nSPS) is 14.7. The van der Waals surface area contributed by atoms with Gasteiger partial charge in [0.2, 0.25) is 5.91 Å². The van der Waals surface area contributed by atoms with Crippen molar-refractivity contribution in [1.29, 1.82) is 0 Å². The van der Waals surface area contributed by atoms with Crippen molar-refractivity contribution in [2.75, 3.05) is 17.2 Å². The quantitative estimate of drug-likeness (QED) is 0.251. The number of carbonyl (C=O) groups is 3. The second kappa shape index (κ2) is 15.2. The van der Waals surface area contributed by atoms with Crippen molar-refractivity contribution in [1.82, 2.24) is 14.9 Å². The lowest BCUT2D eigenvalue weighted by Gasteiger charge is -2.25.